The molecule has 1 unspecified atom stereocenters. The van der Waals surface area contributed by atoms with Crippen molar-refractivity contribution in [2.75, 3.05) is 10.6 Å². The third-order valence-electron chi connectivity index (χ3n) is 4.40. The van der Waals surface area contributed by atoms with Gasteiger partial charge in [0.05, 0.1) is 5.69 Å². The highest BCUT2D eigenvalue weighted by Crippen LogP contribution is 2.20. The van der Waals surface area contributed by atoms with Gasteiger partial charge in [0.25, 0.3) is 5.91 Å². The SMILES string of the molecule is CCc1nn(C)c(NC(=O)c2cccc(NC(=O)C(C)CC)c2)c1C. The minimum atomic E-state index is -0.228. The summed E-state index contributed by atoms with van der Waals surface area (Å²) in [6.07, 6.45) is 1.58. The first-order valence-electron chi connectivity index (χ1n) is 8.62. The largest absolute Gasteiger partial charge is 0.326 e. The summed E-state index contributed by atoms with van der Waals surface area (Å²) in [7, 11) is 1.81. The smallest absolute Gasteiger partial charge is 0.256 e. The Morgan fingerprint density at radius 1 is 1.24 bits per heavy atom. The van der Waals surface area contributed by atoms with E-state index in [2.05, 4.69) is 15.7 Å². The lowest BCUT2D eigenvalue weighted by Gasteiger charge is -2.11. The van der Waals surface area contributed by atoms with Crippen molar-refractivity contribution in [2.24, 2.45) is 13.0 Å². The molecule has 0 spiro atoms. The van der Waals surface area contributed by atoms with Gasteiger partial charge in [-0.2, -0.15) is 5.10 Å². The maximum Gasteiger partial charge on any atom is 0.256 e. The standard InChI is InChI=1S/C19H26N4O2/c1-6-12(3)18(24)20-15-10-8-9-14(11-15)19(25)21-17-13(4)16(7-2)22-23(17)5/h8-12H,6-7H2,1-5H3,(H,20,24)(H,21,25). The fourth-order valence-corrected chi connectivity index (χ4v) is 2.56. The highest BCUT2D eigenvalue weighted by molar-refractivity contribution is 6.05. The number of carbonyl (C=O) groups is 2. The summed E-state index contributed by atoms with van der Waals surface area (Å²) in [4.78, 5) is 24.6. The molecule has 6 nitrogen and oxygen atoms in total. The van der Waals surface area contributed by atoms with E-state index in [1.807, 2.05) is 34.7 Å². The molecule has 1 aromatic carbocycles. The van der Waals surface area contributed by atoms with Crippen LogP contribution >= 0.6 is 0 Å². The van der Waals surface area contributed by atoms with Crippen molar-refractivity contribution in [1.29, 1.82) is 0 Å². The van der Waals surface area contributed by atoms with Crippen LogP contribution in [0.15, 0.2) is 24.3 Å². The molecule has 1 aromatic heterocycles. The van der Waals surface area contributed by atoms with Gasteiger partial charge in [0.2, 0.25) is 5.91 Å². The van der Waals surface area contributed by atoms with Crippen LogP contribution < -0.4 is 10.6 Å². The topological polar surface area (TPSA) is 76.0 Å². The van der Waals surface area contributed by atoms with Crippen molar-refractivity contribution in [3.05, 3.63) is 41.1 Å². The molecular weight excluding hydrogens is 316 g/mol. The Morgan fingerprint density at radius 2 is 1.96 bits per heavy atom. The first-order valence-corrected chi connectivity index (χ1v) is 8.62. The Bertz CT molecular complexity index is 780. The van der Waals surface area contributed by atoms with Crippen molar-refractivity contribution in [3.63, 3.8) is 0 Å². The molecule has 0 saturated carbocycles. The molecule has 2 N–H and O–H groups in total. The number of nitrogens with one attached hydrogen (secondary N) is 2. The van der Waals surface area contributed by atoms with E-state index < -0.39 is 0 Å². The van der Waals surface area contributed by atoms with Crippen LogP contribution in [0.25, 0.3) is 0 Å². The molecule has 2 rings (SSSR count). The van der Waals surface area contributed by atoms with Crippen LogP contribution in [0.1, 0.15) is 48.8 Å². The normalized spacial score (nSPS) is 11.9. The van der Waals surface area contributed by atoms with Gasteiger partial charge < -0.3 is 10.6 Å². The van der Waals surface area contributed by atoms with Crippen LogP contribution in [0, 0.1) is 12.8 Å². The number of amides is 2. The van der Waals surface area contributed by atoms with Gasteiger partial charge in [0, 0.05) is 29.8 Å². The summed E-state index contributed by atoms with van der Waals surface area (Å²) in [5.74, 6) is 0.349. The predicted octanol–water partition coefficient (Wildman–Crippen LogP) is 3.53. The van der Waals surface area contributed by atoms with Gasteiger partial charge in [-0.1, -0.05) is 26.8 Å². The van der Waals surface area contributed by atoms with Gasteiger partial charge in [0.1, 0.15) is 5.82 Å². The molecule has 25 heavy (non-hydrogen) atoms. The van der Waals surface area contributed by atoms with Crippen molar-refractivity contribution < 1.29 is 9.59 Å². The molecule has 0 fully saturated rings. The lowest BCUT2D eigenvalue weighted by atomic mass is 10.1. The number of carbonyl (C=O) groups excluding carboxylic acids is 2. The third kappa shape index (κ3) is 4.26. The van der Waals surface area contributed by atoms with E-state index in [1.54, 1.807) is 28.9 Å². The van der Waals surface area contributed by atoms with E-state index in [4.69, 9.17) is 0 Å². The Kier molecular flexibility index (Phi) is 5.96. The summed E-state index contributed by atoms with van der Waals surface area (Å²) >= 11 is 0. The summed E-state index contributed by atoms with van der Waals surface area (Å²) in [5.41, 5.74) is 3.04. The lowest BCUT2D eigenvalue weighted by molar-refractivity contribution is -0.119. The van der Waals surface area contributed by atoms with Crippen LogP contribution in [-0.2, 0) is 18.3 Å². The second kappa shape index (κ2) is 7.96. The number of hydrogen-bond acceptors (Lipinski definition) is 3. The first-order chi connectivity index (χ1) is 11.9. The fourth-order valence-electron chi connectivity index (χ4n) is 2.56. The van der Waals surface area contributed by atoms with E-state index in [0.29, 0.717) is 17.1 Å². The number of aromatic nitrogens is 2. The molecule has 0 saturated heterocycles. The minimum Gasteiger partial charge on any atom is -0.326 e. The van der Waals surface area contributed by atoms with Crippen molar-refractivity contribution in [3.8, 4) is 0 Å². The minimum absolute atomic E-state index is 0.0462. The lowest BCUT2D eigenvalue weighted by Crippen LogP contribution is -2.20. The summed E-state index contributed by atoms with van der Waals surface area (Å²) < 4.78 is 1.68. The first kappa shape index (κ1) is 18.7. The summed E-state index contributed by atoms with van der Waals surface area (Å²) in [6, 6.07) is 6.94. The van der Waals surface area contributed by atoms with E-state index in [9.17, 15) is 9.59 Å². The molecule has 2 aromatic rings. The molecule has 0 aliphatic heterocycles. The Morgan fingerprint density at radius 3 is 2.56 bits per heavy atom. The third-order valence-corrected chi connectivity index (χ3v) is 4.40. The quantitative estimate of drug-likeness (QED) is 0.843. The van der Waals surface area contributed by atoms with E-state index in [-0.39, 0.29) is 17.7 Å². The number of aryl methyl sites for hydroxylation is 2. The molecule has 0 aliphatic carbocycles. The Labute approximate surface area is 148 Å². The highest BCUT2D eigenvalue weighted by Gasteiger charge is 2.16. The molecule has 0 aliphatic rings. The number of hydrogen-bond donors (Lipinski definition) is 2. The predicted molar refractivity (Wildman–Crippen MR) is 99.8 cm³/mol. The molecular formula is C19H26N4O2. The van der Waals surface area contributed by atoms with Gasteiger partial charge in [-0.3, -0.25) is 14.3 Å². The van der Waals surface area contributed by atoms with Crippen LogP contribution in [0.5, 0.6) is 0 Å². The molecule has 2 amide bonds. The average Bonchev–Trinajstić information content (AvgIpc) is 2.88. The van der Waals surface area contributed by atoms with E-state index in [1.165, 1.54) is 0 Å². The Hall–Kier alpha value is -2.63. The molecule has 0 bridgehead atoms. The summed E-state index contributed by atoms with van der Waals surface area (Å²) in [6.45, 7) is 7.83. The van der Waals surface area contributed by atoms with E-state index >= 15 is 0 Å². The van der Waals surface area contributed by atoms with Crippen molar-refractivity contribution in [2.45, 2.75) is 40.5 Å². The van der Waals surface area contributed by atoms with Gasteiger partial charge in [-0.05, 0) is 38.0 Å². The zero-order chi connectivity index (χ0) is 18.6. The van der Waals surface area contributed by atoms with Gasteiger partial charge in [0.15, 0.2) is 0 Å². The van der Waals surface area contributed by atoms with Crippen LogP contribution in [0.4, 0.5) is 11.5 Å². The highest BCUT2D eigenvalue weighted by atomic mass is 16.2. The second-order valence-corrected chi connectivity index (χ2v) is 6.23. The molecule has 0 radical (unpaired) electrons. The molecule has 1 heterocycles. The van der Waals surface area contributed by atoms with Crippen LogP contribution in [0.2, 0.25) is 0 Å². The molecule has 134 valence electrons. The second-order valence-electron chi connectivity index (χ2n) is 6.23. The van der Waals surface area contributed by atoms with Crippen molar-refractivity contribution in [1.82, 2.24) is 9.78 Å². The zero-order valence-corrected chi connectivity index (χ0v) is 15.5. The maximum absolute atomic E-state index is 12.6. The Balaban J connectivity index is 2.16. The molecule has 1 atom stereocenters. The van der Waals surface area contributed by atoms with Crippen LogP contribution in [0.3, 0.4) is 0 Å². The fraction of sp³-hybridized carbons (Fsp3) is 0.421. The number of nitrogens with zero attached hydrogens (tertiary/aromatic N) is 2. The summed E-state index contributed by atoms with van der Waals surface area (Å²) in [5, 5.41) is 10.2. The molecule has 6 heteroatoms. The van der Waals surface area contributed by atoms with Gasteiger partial charge in [-0.25, -0.2) is 0 Å². The number of anilines is 2. The number of benzene rings is 1. The number of rotatable bonds is 6. The maximum atomic E-state index is 12.6. The van der Waals surface area contributed by atoms with Crippen LogP contribution in [-0.4, -0.2) is 21.6 Å². The van der Waals surface area contributed by atoms with Gasteiger partial charge >= 0.3 is 0 Å². The average molecular weight is 342 g/mol. The van der Waals surface area contributed by atoms with Crippen molar-refractivity contribution >= 4 is 23.3 Å². The zero-order valence-electron chi connectivity index (χ0n) is 15.5. The van der Waals surface area contributed by atoms with E-state index in [0.717, 1.165) is 24.1 Å². The monoisotopic (exact) mass is 342 g/mol. The van der Waals surface area contributed by atoms with Gasteiger partial charge in [-0.15, -0.1) is 0 Å².